The van der Waals surface area contributed by atoms with Crippen molar-refractivity contribution in [2.75, 3.05) is 26.2 Å². The van der Waals surface area contributed by atoms with Gasteiger partial charge in [0.05, 0.1) is 5.56 Å². The maximum atomic E-state index is 12.6. The Morgan fingerprint density at radius 2 is 1.79 bits per heavy atom. The Morgan fingerprint density at radius 3 is 2.29 bits per heavy atom. The Hall–Kier alpha value is -1.64. The van der Waals surface area contributed by atoms with Crippen LogP contribution in [-0.2, 0) is 14.8 Å². The second-order valence-electron chi connectivity index (χ2n) is 4.95. The summed E-state index contributed by atoms with van der Waals surface area (Å²) < 4.78 is 63.9. The monoisotopic (exact) mass is 425 g/mol. The first-order valence-electron chi connectivity index (χ1n) is 6.63. The lowest BCUT2D eigenvalue weighted by atomic mass is 10.2. The van der Waals surface area contributed by atoms with Crippen LogP contribution in [0.15, 0.2) is 27.6 Å². The van der Waals surface area contributed by atoms with Gasteiger partial charge in [0.2, 0.25) is 10.0 Å². The summed E-state index contributed by atoms with van der Waals surface area (Å²) in [7, 11) is -4.04. The zero-order valence-corrected chi connectivity index (χ0v) is 14.4. The first-order valence-corrected chi connectivity index (χ1v) is 8.86. The van der Waals surface area contributed by atoms with Crippen LogP contribution in [0, 0.1) is 11.3 Å². The van der Waals surface area contributed by atoms with E-state index in [4.69, 9.17) is 5.26 Å². The fourth-order valence-corrected chi connectivity index (χ4v) is 4.17. The fraction of sp³-hybridized carbons (Fsp3) is 0.385. The van der Waals surface area contributed by atoms with Crippen LogP contribution < -0.4 is 0 Å². The molecule has 0 saturated carbocycles. The molecule has 1 aliphatic rings. The van der Waals surface area contributed by atoms with Crippen molar-refractivity contribution >= 4 is 31.9 Å². The van der Waals surface area contributed by atoms with Gasteiger partial charge >= 0.3 is 12.1 Å². The Kier molecular flexibility index (Phi) is 5.22. The van der Waals surface area contributed by atoms with E-state index in [1.807, 2.05) is 0 Å². The predicted octanol–water partition coefficient (Wildman–Crippen LogP) is 1.72. The zero-order chi connectivity index (χ0) is 18.1. The molecule has 1 fully saturated rings. The number of benzene rings is 1. The van der Waals surface area contributed by atoms with Gasteiger partial charge in [0, 0.05) is 30.7 Å². The third-order valence-electron chi connectivity index (χ3n) is 3.45. The number of nitrogens with zero attached hydrogens (tertiary/aromatic N) is 3. The van der Waals surface area contributed by atoms with Crippen molar-refractivity contribution in [2.45, 2.75) is 11.1 Å². The highest BCUT2D eigenvalue weighted by Gasteiger charge is 2.44. The number of carbonyl (C=O) groups excluding carboxylic acids is 1. The normalized spacial score (nSPS) is 16.7. The van der Waals surface area contributed by atoms with Gasteiger partial charge in [-0.05, 0) is 18.2 Å². The highest BCUT2D eigenvalue weighted by atomic mass is 79.9. The van der Waals surface area contributed by atoms with Gasteiger partial charge in [-0.25, -0.2) is 8.42 Å². The lowest BCUT2D eigenvalue weighted by Crippen LogP contribution is -2.53. The summed E-state index contributed by atoms with van der Waals surface area (Å²) in [6.07, 6.45) is -4.99. The molecule has 2 rings (SSSR count). The van der Waals surface area contributed by atoms with Crippen LogP contribution in [-0.4, -0.2) is 55.9 Å². The van der Waals surface area contributed by atoms with Gasteiger partial charge < -0.3 is 4.90 Å². The van der Waals surface area contributed by atoms with E-state index in [0.717, 1.165) is 4.31 Å². The first-order chi connectivity index (χ1) is 11.1. The van der Waals surface area contributed by atoms with Crippen LogP contribution in [0.2, 0.25) is 0 Å². The van der Waals surface area contributed by atoms with E-state index in [9.17, 15) is 26.4 Å². The van der Waals surface area contributed by atoms with Crippen LogP contribution in [0.4, 0.5) is 13.2 Å². The van der Waals surface area contributed by atoms with E-state index in [-0.39, 0.29) is 36.6 Å². The second-order valence-corrected chi connectivity index (χ2v) is 7.77. The molecule has 0 radical (unpaired) electrons. The van der Waals surface area contributed by atoms with Crippen LogP contribution in [0.5, 0.6) is 0 Å². The largest absolute Gasteiger partial charge is 0.471 e. The van der Waals surface area contributed by atoms with Crippen LogP contribution in [0.1, 0.15) is 5.56 Å². The van der Waals surface area contributed by atoms with Crippen molar-refractivity contribution in [3.63, 3.8) is 0 Å². The molecule has 0 atom stereocenters. The van der Waals surface area contributed by atoms with E-state index in [1.165, 1.54) is 18.2 Å². The number of hydrogen-bond acceptors (Lipinski definition) is 4. The molecule has 1 amide bonds. The maximum Gasteiger partial charge on any atom is 0.471 e. The number of carbonyl (C=O) groups is 1. The first kappa shape index (κ1) is 18.7. The van der Waals surface area contributed by atoms with Gasteiger partial charge in [-0.15, -0.1) is 0 Å². The van der Waals surface area contributed by atoms with Gasteiger partial charge in [-0.2, -0.15) is 22.7 Å². The molecule has 1 saturated heterocycles. The second kappa shape index (κ2) is 6.70. The molecule has 1 heterocycles. The number of amides is 1. The van der Waals surface area contributed by atoms with E-state index in [0.29, 0.717) is 9.37 Å². The Morgan fingerprint density at radius 1 is 1.21 bits per heavy atom. The standard InChI is InChI=1S/C13H11BrF3N3O3S/c14-10-1-2-11(9(7-10)8-18)24(22,23)20-5-3-19(4-6-20)12(21)13(15,16)17/h1-2,7H,3-6H2. The fourth-order valence-electron chi connectivity index (χ4n) is 2.26. The molecule has 130 valence electrons. The molecule has 1 aliphatic heterocycles. The van der Waals surface area contributed by atoms with Crippen molar-refractivity contribution in [1.29, 1.82) is 5.26 Å². The Labute approximate surface area is 144 Å². The smallest absolute Gasteiger partial charge is 0.332 e. The van der Waals surface area contributed by atoms with Gasteiger partial charge in [0.1, 0.15) is 11.0 Å². The zero-order valence-electron chi connectivity index (χ0n) is 12.0. The SMILES string of the molecule is N#Cc1cc(Br)ccc1S(=O)(=O)N1CCN(C(=O)C(F)(F)F)CC1. The number of rotatable bonds is 2. The molecule has 24 heavy (non-hydrogen) atoms. The average molecular weight is 426 g/mol. The minimum absolute atomic E-state index is 0.0711. The summed E-state index contributed by atoms with van der Waals surface area (Å²) in [5.41, 5.74) is -0.0711. The quantitative estimate of drug-likeness (QED) is 0.722. The van der Waals surface area contributed by atoms with Gasteiger partial charge in [0.15, 0.2) is 0 Å². The van der Waals surface area contributed by atoms with Crippen LogP contribution in [0.25, 0.3) is 0 Å². The van der Waals surface area contributed by atoms with Crippen LogP contribution >= 0.6 is 15.9 Å². The van der Waals surface area contributed by atoms with Gasteiger partial charge in [0.25, 0.3) is 0 Å². The third kappa shape index (κ3) is 3.71. The van der Waals surface area contributed by atoms with Gasteiger partial charge in [-0.3, -0.25) is 4.79 Å². The molecule has 0 aromatic heterocycles. The van der Waals surface area contributed by atoms with Crippen molar-refractivity contribution < 1.29 is 26.4 Å². The number of piperazine rings is 1. The van der Waals surface area contributed by atoms with Crippen LogP contribution in [0.3, 0.4) is 0 Å². The molecule has 1 aromatic carbocycles. The molecule has 0 bridgehead atoms. The summed E-state index contributed by atoms with van der Waals surface area (Å²) in [5, 5.41) is 9.08. The molecular formula is C13H11BrF3N3O3S. The van der Waals surface area contributed by atoms with Crippen molar-refractivity contribution in [2.24, 2.45) is 0 Å². The molecular weight excluding hydrogens is 415 g/mol. The summed E-state index contributed by atoms with van der Waals surface area (Å²) in [6.45, 7) is -1.28. The minimum atomic E-state index is -4.99. The lowest BCUT2D eigenvalue weighted by molar-refractivity contribution is -0.186. The molecule has 6 nitrogen and oxygen atoms in total. The number of alkyl halides is 3. The Balaban J connectivity index is 2.20. The minimum Gasteiger partial charge on any atom is -0.332 e. The van der Waals surface area contributed by atoms with Crippen molar-refractivity contribution in [1.82, 2.24) is 9.21 Å². The third-order valence-corrected chi connectivity index (χ3v) is 5.90. The summed E-state index contributed by atoms with van der Waals surface area (Å²) >= 11 is 3.13. The van der Waals surface area contributed by atoms with Gasteiger partial charge in [-0.1, -0.05) is 15.9 Å². The molecule has 11 heteroatoms. The molecule has 1 aromatic rings. The number of nitriles is 1. The van der Waals surface area contributed by atoms with E-state index in [1.54, 1.807) is 6.07 Å². The van der Waals surface area contributed by atoms with Crippen molar-refractivity contribution in [3.8, 4) is 6.07 Å². The summed E-state index contributed by atoms with van der Waals surface area (Å²) in [4.78, 5) is 11.5. The molecule has 0 spiro atoms. The lowest BCUT2D eigenvalue weighted by Gasteiger charge is -2.34. The molecule has 0 unspecified atom stereocenters. The highest BCUT2D eigenvalue weighted by Crippen LogP contribution is 2.25. The molecule has 0 aliphatic carbocycles. The van der Waals surface area contributed by atoms with E-state index < -0.39 is 22.1 Å². The summed E-state index contributed by atoms with van der Waals surface area (Å²) in [5.74, 6) is -1.99. The summed E-state index contributed by atoms with van der Waals surface area (Å²) in [6, 6.07) is 5.83. The number of halogens is 4. The molecule has 0 N–H and O–H groups in total. The predicted molar refractivity (Wildman–Crippen MR) is 80.3 cm³/mol. The maximum absolute atomic E-state index is 12.6. The Bertz CT molecular complexity index is 797. The van der Waals surface area contributed by atoms with E-state index >= 15 is 0 Å². The number of sulfonamides is 1. The topological polar surface area (TPSA) is 81.5 Å². The number of hydrogen-bond donors (Lipinski definition) is 0. The average Bonchev–Trinajstić information content (AvgIpc) is 2.53. The van der Waals surface area contributed by atoms with Crippen molar-refractivity contribution in [3.05, 3.63) is 28.2 Å². The van der Waals surface area contributed by atoms with E-state index in [2.05, 4.69) is 15.9 Å². The highest BCUT2D eigenvalue weighted by molar-refractivity contribution is 9.10.